The molecule has 0 spiro atoms. The summed E-state index contributed by atoms with van der Waals surface area (Å²) in [5.41, 5.74) is 2.37. The Labute approximate surface area is 247 Å². The first-order chi connectivity index (χ1) is 20.0. The van der Waals surface area contributed by atoms with Gasteiger partial charge in [0, 0.05) is 67.7 Å². The van der Waals surface area contributed by atoms with E-state index in [0.717, 1.165) is 22.1 Å². The van der Waals surface area contributed by atoms with E-state index in [1.807, 2.05) is 74.4 Å². The van der Waals surface area contributed by atoms with Crippen molar-refractivity contribution in [2.45, 2.75) is 16.2 Å². The molecule has 0 fully saturated rings. The van der Waals surface area contributed by atoms with E-state index in [4.69, 9.17) is 4.18 Å². The average Bonchev–Trinajstić information content (AvgIpc) is 2.96. The molecule has 0 saturated heterocycles. The average molecular weight is 604 g/mol. The first-order valence-corrected chi connectivity index (χ1v) is 16.3. The lowest BCUT2D eigenvalue weighted by Gasteiger charge is -2.18. The van der Waals surface area contributed by atoms with E-state index in [2.05, 4.69) is 4.72 Å². The fourth-order valence-corrected chi connectivity index (χ4v) is 7.55. The van der Waals surface area contributed by atoms with E-state index >= 15 is 0 Å². The molecule has 0 bridgehead atoms. The van der Waals surface area contributed by atoms with Crippen LogP contribution in [0.3, 0.4) is 0 Å². The first kappa shape index (κ1) is 29.4. The van der Waals surface area contributed by atoms with E-state index < -0.39 is 20.1 Å². The van der Waals surface area contributed by atoms with Gasteiger partial charge in [-0.1, -0.05) is 66.7 Å². The molecule has 10 heteroatoms. The Kier molecular flexibility index (Phi) is 8.14. The van der Waals surface area contributed by atoms with Gasteiger partial charge < -0.3 is 14.0 Å². The van der Waals surface area contributed by atoms with Crippen LogP contribution in [-0.2, 0) is 26.6 Å². The van der Waals surface area contributed by atoms with E-state index in [-0.39, 0.29) is 28.5 Å². The lowest BCUT2D eigenvalue weighted by atomic mass is 10.1. The predicted octanol–water partition coefficient (Wildman–Crippen LogP) is 5.41. The summed E-state index contributed by atoms with van der Waals surface area (Å²) in [6.45, 7) is 0.0486. The Hall–Kier alpha value is -4.12. The quantitative estimate of drug-likeness (QED) is 0.213. The molecule has 0 atom stereocenters. The highest BCUT2D eigenvalue weighted by Crippen LogP contribution is 2.33. The van der Waals surface area contributed by atoms with Crippen molar-refractivity contribution in [2.24, 2.45) is 0 Å². The second-order valence-electron chi connectivity index (χ2n) is 10.3. The summed E-state index contributed by atoms with van der Waals surface area (Å²) < 4.78 is 62.1. The largest absolute Gasteiger partial charge is 0.379 e. The number of para-hydroxylation sites is 1. The maximum Gasteiger partial charge on any atom is 0.339 e. The zero-order valence-corrected chi connectivity index (χ0v) is 25.5. The first-order valence-electron chi connectivity index (χ1n) is 13.4. The minimum atomic E-state index is -4.20. The standard InChI is InChI=1S/C32H33N3O5S2/c1-34(2)28-16-7-14-26-24(28)12-9-19-31(26)41(36,37)33-22-21-23-11-5-6-18-30(23)40-42(38,39)32-20-10-13-25-27(32)15-8-17-29(25)35(3)4/h5-20,33H,21-22H2,1-4H3. The molecule has 5 aromatic carbocycles. The van der Waals surface area contributed by atoms with Crippen LogP contribution in [0.5, 0.6) is 5.75 Å². The molecule has 0 unspecified atom stereocenters. The molecule has 5 rings (SSSR count). The van der Waals surface area contributed by atoms with Crippen molar-refractivity contribution in [3.05, 3.63) is 103 Å². The summed E-state index contributed by atoms with van der Waals surface area (Å²) in [4.78, 5) is 4.11. The van der Waals surface area contributed by atoms with Crippen molar-refractivity contribution in [1.29, 1.82) is 0 Å². The number of nitrogens with zero attached hydrogens (tertiary/aromatic N) is 2. The number of benzene rings is 5. The van der Waals surface area contributed by atoms with Gasteiger partial charge in [0.2, 0.25) is 10.0 Å². The number of sulfonamides is 1. The summed E-state index contributed by atoms with van der Waals surface area (Å²) in [6, 6.07) is 28.1. The minimum absolute atomic E-state index is 0.0486. The van der Waals surface area contributed by atoms with Crippen LogP contribution < -0.4 is 18.7 Å². The van der Waals surface area contributed by atoms with Crippen molar-refractivity contribution in [1.82, 2.24) is 4.72 Å². The van der Waals surface area contributed by atoms with E-state index in [1.165, 1.54) is 6.07 Å². The second kappa shape index (κ2) is 11.6. The minimum Gasteiger partial charge on any atom is -0.379 e. The highest BCUT2D eigenvalue weighted by Gasteiger charge is 2.23. The van der Waals surface area contributed by atoms with Gasteiger partial charge >= 0.3 is 10.1 Å². The third-order valence-corrected chi connectivity index (χ3v) is 9.91. The van der Waals surface area contributed by atoms with E-state index in [1.54, 1.807) is 54.6 Å². The second-order valence-corrected chi connectivity index (χ2v) is 13.6. The van der Waals surface area contributed by atoms with Crippen molar-refractivity contribution < 1.29 is 21.0 Å². The molecule has 0 aliphatic rings. The molecule has 0 aliphatic carbocycles. The lowest BCUT2D eigenvalue weighted by Crippen LogP contribution is -2.26. The third-order valence-electron chi connectivity index (χ3n) is 7.10. The maximum absolute atomic E-state index is 13.5. The molecular formula is C32H33N3O5S2. The fraction of sp³-hybridized carbons (Fsp3) is 0.188. The van der Waals surface area contributed by atoms with E-state index in [9.17, 15) is 16.8 Å². The van der Waals surface area contributed by atoms with Crippen molar-refractivity contribution in [3.8, 4) is 5.75 Å². The van der Waals surface area contributed by atoms with Gasteiger partial charge in [-0.05, 0) is 42.3 Å². The predicted molar refractivity (Wildman–Crippen MR) is 170 cm³/mol. The van der Waals surface area contributed by atoms with Gasteiger partial charge in [-0.25, -0.2) is 13.1 Å². The molecule has 0 amide bonds. The smallest absolute Gasteiger partial charge is 0.339 e. The molecule has 8 nitrogen and oxygen atoms in total. The monoisotopic (exact) mass is 603 g/mol. The van der Waals surface area contributed by atoms with Crippen LogP contribution in [-0.4, -0.2) is 51.6 Å². The van der Waals surface area contributed by atoms with Gasteiger partial charge in [-0.15, -0.1) is 0 Å². The van der Waals surface area contributed by atoms with Gasteiger partial charge in [-0.2, -0.15) is 8.42 Å². The molecule has 218 valence electrons. The summed E-state index contributed by atoms with van der Waals surface area (Å²) in [5, 5.41) is 2.81. The maximum atomic E-state index is 13.5. The molecule has 1 N–H and O–H groups in total. The molecule has 0 radical (unpaired) electrons. The normalized spacial score (nSPS) is 12.0. The number of rotatable bonds is 10. The lowest BCUT2D eigenvalue weighted by molar-refractivity contribution is 0.483. The van der Waals surface area contributed by atoms with Crippen LogP contribution >= 0.6 is 0 Å². The van der Waals surface area contributed by atoms with Crippen molar-refractivity contribution in [3.63, 3.8) is 0 Å². The van der Waals surface area contributed by atoms with Gasteiger partial charge in [0.1, 0.15) is 10.6 Å². The van der Waals surface area contributed by atoms with Crippen molar-refractivity contribution in [2.75, 3.05) is 44.5 Å². The molecule has 0 aliphatic heterocycles. The Morgan fingerprint density at radius 2 is 1.10 bits per heavy atom. The summed E-state index contributed by atoms with van der Waals surface area (Å²) >= 11 is 0. The zero-order valence-electron chi connectivity index (χ0n) is 23.9. The molecule has 5 aromatic rings. The van der Waals surface area contributed by atoms with Crippen LogP contribution in [0.25, 0.3) is 21.5 Å². The highest BCUT2D eigenvalue weighted by atomic mass is 32.2. The molecule has 42 heavy (non-hydrogen) atoms. The summed E-state index contributed by atoms with van der Waals surface area (Å²) in [7, 11) is -0.430. The SMILES string of the molecule is CN(C)c1cccc2c(S(=O)(=O)NCCc3ccccc3OS(=O)(=O)c3cccc4c(N(C)C)cccc34)cccc12. The number of fused-ring (bicyclic) bond motifs is 2. The molecular weight excluding hydrogens is 571 g/mol. The van der Waals surface area contributed by atoms with Crippen LogP contribution in [0, 0.1) is 0 Å². The van der Waals surface area contributed by atoms with Crippen LogP contribution in [0.4, 0.5) is 11.4 Å². The Balaban J connectivity index is 1.38. The van der Waals surface area contributed by atoms with Gasteiger partial charge in [0.15, 0.2) is 0 Å². The molecule has 0 aromatic heterocycles. The van der Waals surface area contributed by atoms with Crippen molar-refractivity contribution >= 4 is 53.1 Å². The highest BCUT2D eigenvalue weighted by molar-refractivity contribution is 7.89. The topological polar surface area (TPSA) is 96.0 Å². The van der Waals surface area contributed by atoms with E-state index in [0.29, 0.717) is 16.3 Å². The third kappa shape index (κ3) is 5.78. The number of nitrogens with one attached hydrogen (secondary N) is 1. The Morgan fingerprint density at radius 3 is 1.69 bits per heavy atom. The number of anilines is 2. The van der Waals surface area contributed by atoms with Crippen LogP contribution in [0.1, 0.15) is 5.56 Å². The van der Waals surface area contributed by atoms with Crippen LogP contribution in [0.15, 0.2) is 107 Å². The summed E-state index contributed by atoms with van der Waals surface area (Å²) in [5.74, 6) is 0.151. The number of hydrogen-bond donors (Lipinski definition) is 1. The fourth-order valence-electron chi connectivity index (χ4n) is 5.11. The molecule has 0 heterocycles. The van der Waals surface area contributed by atoms with Gasteiger partial charge in [0.25, 0.3) is 0 Å². The van der Waals surface area contributed by atoms with Crippen LogP contribution in [0.2, 0.25) is 0 Å². The summed E-state index contributed by atoms with van der Waals surface area (Å²) in [6.07, 6.45) is 0.221. The number of hydrogen-bond acceptors (Lipinski definition) is 7. The Morgan fingerprint density at radius 1 is 0.595 bits per heavy atom. The zero-order chi connectivity index (χ0) is 30.1. The molecule has 0 saturated carbocycles. The van der Waals surface area contributed by atoms with Gasteiger partial charge in [0.05, 0.1) is 4.90 Å². The Bertz CT molecular complexity index is 1990. The van der Waals surface area contributed by atoms with Gasteiger partial charge in [-0.3, -0.25) is 0 Å².